The number of rotatable bonds is 5. The van der Waals surface area contributed by atoms with E-state index in [1.807, 2.05) is 10.3 Å². The van der Waals surface area contributed by atoms with Crippen molar-refractivity contribution in [2.45, 2.75) is 58.0 Å². The lowest BCUT2D eigenvalue weighted by Crippen LogP contribution is -2.54. The van der Waals surface area contributed by atoms with Gasteiger partial charge in [-0.3, -0.25) is 4.79 Å². The molecule has 0 unspecified atom stereocenters. The molecule has 1 saturated heterocycles. The normalized spacial score (nSPS) is 27.2. The van der Waals surface area contributed by atoms with Crippen LogP contribution in [0.4, 0.5) is 5.13 Å². The van der Waals surface area contributed by atoms with Gasteiger partial charge in [-0.1, -0.05) is 26.7 Å². The summed E-state index contributed by atoms with van der Waals surface area (Å²) in [5.41, 5.74) is -0.00555. The Bertz CT molecular complexity index is 574. The molecule has 1 aromatic heterocycles. The van der Waals surface area contributed by atoms with Crippen LogP contribution in [0.1, 0.15) is 62.9 Å². The van der Waals surface area contributed by atoms with Gasteiger partial charge in [-0.05, 0) is 31.6 Å². The van der Waals surface area contributed by atoms with Gasteiger partial charge in [0.2, 0.25) is 0 Å². The van der Waals surface area contributed by atoms with Crippen LogP contribution in [0, 0.1) is 11.8 Å². The number of aliphatic hydroxyl groups is 1. The summed E-state index contributed by atoms with van der Waals surface area (Å²) < 4.78 is 0. The summed E-state index contributed by atoms with van der Waals surface area (Å²) in [5, 5.41) is 16.7. The van der Waals surface area contributed by atoms with Crippen molar-refractivity contribution in [3.05, 3.63) is 11.1 Å². The van der Waals surface area contributed by atoms with Gasteiger partial charge < -0.3 is 15.3 Å². The zero-order valence-electron chi connectivity index (χ0n) is 14.8. The molecule has 0 radical (unpaired) electrons. The smallest absolute Gasteiger partial charge is 0.273 e. The second-order valence-corrected chi connectivity index (χ2v) is 8.55. The lowest BCUT2D eigenvalue weighted by molar-refractivity contribution is -0.0886. The van der Waals surface area contributed by atoms with Crippen molar-refractivity contribution in [2.24, 2.45) is 11.8 Å². The molecule has 5 nitrogen and oxygen atoms in total. The Kier molecular flexibility index (Phi) is 5.45. The fourth-order valence-electron chi connectivity index (χ4n) is 3.84. The van der Waals surface area contributed by atoms with Crippen LogP contribution < -0.4 is 5.32 Å². The van der Waals surface area contributed by atoms with E-state index in [0.717, 1.165) is 43.8 Å². The van der Waals surface area contributed by atoms with Crippen LogP contribution in [0.5, 0.6) is 0 Å². The Morgan fingerprint density at radius 3 is 3.12 bits per heavy atom. The molecule has 1 aromatic rings. The molecule has 2 heterocycles. The largest absolute Gasteiger partial charge is 0.389 e. The highest BCUT2D eigenvalue weighted by molar-refractivity contribution is 7.13. The Balaban J connectivity index is 1.58. The number of thiazole rings is 1. The third kappa shape index (κ3) is 3.91. The first-order valence-electron chi connectivity index (χ1n) is 9.19. The Labute approximate surface area is 148 Å². The van der Waals surface area contributed by atoms with Crippen molar-refractivity contribution in [3.63, 3.8) is 0 Å². The Morgan fingerprint density at radius 2 is 2.33 bits per heavy atom. The van der Waals surface area contributed by atoms with E-state index in [1.54, 1.807) is 0 Å². The van der Waals surface area contributed by atoms with Gasteiger partial charge in [0.15, 0.2) is 5.13 Å². The third-order valence-corrected chi connectivity index (χ3v) is 6.24. The minimum Gasteiger partial charge on any atom is -0.389 e. The number of fused-ring (bicyclic) bond motifs is 1. The number of nitrogens with one attached hydrogen (secondary N) is 1. The average molecular weight is 352 g/mol. The van der Waals surface area contributed by atoms with Gasteiger partial charge in [-0.2, -0.15) is 0 Å². The first kappa shape index (κ1) is 17.7. The maximum absolute atomic E-state index is 12.7. The number of likely N-dealkylation sites (tertiary alicyclic amines) is 1. The number of amides is 1. The maximum Gasteiger partial charge on any atom is 0.273 e. The highest BCUT2D eigenvalue weighted by Crippen LogP contribution is 2.40. The number of anilines is 1. The fourth-order valence-corrected chi connectivity index (χ4v) is 4.55. The summed E-state index contributed by atoms with van der Waals surface area (Å²) in [6.45, 7) is 6.59. The molecule has 1 aliphatic heterocycles. The molecular formula is C18H29N3O2S. The molecule has 2 aliphatic rings. The van der Waals surface area contributed by atoms with E-state index in [9.17, 15) is 9.90 Å². The van der Waals surface area contributed by atoms with Gasteiger partial charge in [0.05, 0.1) is 5.60 Å². The second kappa shape index (κ2) is 7.40. The number of hydrogen-bond acceptors (Lipinski definition) is 5. The minimum atomic E-state index is -0.541. The van der Waals surface area contributed by atoms with Crippen LogP contribution in [-0.4, -0.2) is 46.1 Å². The molecule has 1 amide bonds. The van der Waals surface area contributed by atoms with E-state index in [1.165, 1.54) is 11.3 Å². The Hall–Kier alpha value is -1.14. The summed E-state index contributed by atoms with van der Waals surface area (Å²) >= 11 is 1.50. The highest BCUT2D eigenvalue weighted by atomic mass is 32.1. The van der Waals surface area contributed by atoms with E-state index in [2.05, 4.69) is 24.1 Å². The maximum atomic E-state index is 12.7. The number of piperidine rings is 1. The summed E-state index contributed by atoms with van der Waals surface area (Å²) in [6, 6.07) is 0. The van der Waals surface area contributed by atoms with Crippen LogP contribution in [0.3, 0.4) is 0 Å². The lowest BCUT2D eigenvalue weighted by atomic mass is 9.71. The van der Waals surface area contributed by atoms with Crippen LogP contribution in [0.25, 0.3) is 0 Å². The van der Waals surface area contributed by atoms with E-state index in [-0.39, 0.29) is 11.8 Å². The number of aromatic nitrogens is 1. The monoisotopic (exact) mass is 351 g/mol. The van der Waals surface area contributed by atoms with Crippen LogP contribution in [0.15, 0.2) is 5.38 Å². The van der Waals surface area contributed by atoms with Crippen LogP contribution >= 0.6 is 11.3 Å². The molecule has 1 saturated carbocycles. The molecule has 6 heteroatoms. The first-order chi connectivity index (χ1) is 11.5. The van der Waals surface area contributed by atoms with Crippen molar-refractivity contribution < 1.29 is 9.90 Å². The van der Waals surface area contributed by atoms with Gasteiger partial charge in [0, 0.05) is 30.9 Å². The molecule has 2 N–H and O–H groups in total. The number of carbonyl (C=O) groups excluding carboxylic acids is 1. The molecule has 0 aromatic carbocycles. The van der Waals surface area contributed by atoms with E-state index in [4.69, 9.17) is 0 Å². The molecule has 2 atom stereocenters. The molecule has 0 bridgehead atoms. The van der Waals surface area contributed by atoms with Crippen molar-refractivity contribution in [2.75, 3.05) is 25.0 Å². The molecule has 2 fully saturated rings. The first-order valence-corrected chi connectivity index (χ1v) is 10.1. The van der Waals surface area contributed by atoms with Crippen LogP contribution in [0.2, 0.25) is 0 Å². The molecule has 134 valence electrons. The van der Waals surface area contributed by atoms with Crippen molar-refractivity contribution in [3.8, 4) is 0 Å². The summed E-state index contributed by atoms with van der Waals surface area (Å²) in [6.07, 6.45) is 5.98. The average Bonchev–Trinajstić information content (AvgIpc) is 3.02. The molecular weight excluding hydrogens is 322 g/mol. The van der Waals surface area contributed by atoms with Crippen molar-refractivity contribution in [1.29, 1.82) is 0 Å². The fraction of sp³-hybridized carbons (Fsp3) is 0.778. The van der Waals surface area contributed by atoms with Crippen molar-refractivity contribution >= 4 is 22.4 Å². The number of hydrogen-bond donors (Lipinski definition) is 2. The van der Waals surface area contributed by atoms with E-state index in [0.29, 0.717) is 31.1 Å². The summed E-state index contributed by atoms with van der Waals surface area (Å²) in [4.78, 5) is 19.1. The molecule has 0 spiro atoms. The third-order valence-electron chi connectivity index (χ3n) is 5.44. The number of nitrogens with zero attached hydrogens (tertiary/aromatic N) is 2. The van der Waals surface area contributed by atoms with E-state index >= 15 is 0 Å². The van der Waals surface area contributed by atoms with Gasteiger partial charge in [-0.25, -0.2) is 4.98 Å². The standard InChI is InChI=1S/C18H29N3O2S/c1-13(2)6-9-19-17-20-15(12-24-17)16(22)21-10-8-18(23)7-4-3-5-14(18)11-21/h12-14,23H,3-11H2,1-2H3,(H,19,20)/t14-,18-/m1/s1. The second-order valence-electron chi connectivity index (χ2n) is 7.69. The zero-order chi connectivity index (χ0) is 17.2. The van der Waals surface area contributed by atoms with Gasteiger partial charge in [0.1, 0.15) is 5.69 Å². The van der Waals surface area contributed by atoms with E-state index < -0.39 is 5.60 Å². The topological polar surface area (TPSA) is 65.5 Å². The highest BCUT2D eigenvalue weighted by Gasteiger charge is 2.44. The Morgan fingerprint density at radius 1 is 1.50 bits per heavy atom. The predicted molar refractivity (Wildman–Crippen MR) is 97.5 cm³/mol. The predicted octanol–water partition coefficient (Wildman–Crippen LogP) is 3.37. The van der Waals surface area contributed by atoms with Gasteiger partial charge in [0.25, 0.3) is 5.91 Å². The molecule has 3 rings (SSSR count). The minimum absolute atomic E-state index is 0.00998. The van der Waals surface area contributed by atoms with Crippen molar-refractivity contribution in [1.82, 2.24) is 9.88 Å². The lowest BCUT2D eigenvalue weighted by Gasteiger charge is -2.47. The van der Waals surface area contributed by atoms with Crippen LogP contribution in [-0.2, 0) is 0 Å². The quantitative estimate of drug-likeness (QED) is 0.854. The zero-order valence-corrected chi connectivity index (χ0v) is 15.6. The van der Waals surface area contributed by atoms with Gasteiger partial charge >= 0.3 is 0 Å². The SMILES string of the molecule is CC(C)CCNc1nc(C(=O)N2CC[C@]3(O)CCCC[C@@H]3C2)cs1. The number of carbonyl (C=O) groups is 1. The molecule has 1 aliphatic carbocycles. The summed E-state index contributed by atoms with van der Waals surface area (Å²) in [5.74, 6) is 0.892. The summed E-state index contributed by atoms with van der Waals surface area (Å²) in [7, 11) is 0. The molecule has 24 heavy (non-hydrogen) atoms. The van der Waals surface area contributed by atoms with Gasteiger partial charge in [-0.15, -0.1) is 11.3 Å².